The van der Waals surface area contributed by atoms with Gasteiger partial charge in [0.25, 0.3) is 11.5 Å². The van der Waals surface area contributed by atoms with Crippen LogP contribution in [0.4, 0.5) is 5.95 Å². The zero-order chi connectivity index (χ0) is 22.8. The van der Waals surface area contributed by atoms with E-state index < -0.39 is 11.5 Å². The van der Waals surface area contributed by atoms with Gasteiger partial charge in [-0.15, -0.1) is 0 Å². The van der Waals surface area contributed by atoms with Gasteiger partial charge < -0.3 is 19.9 Å². The molecule has 0 saturated carbocycles. The fraction of sp³-hybridized carbons (Fsp3) is 0.318. The van der Waals surface area contributed by atoms with E-state index in [4.69, 9.17) is 16.3 Å². The first kappa shape index (κ1) is 23.2. The van der Waals surface area contributed by atoms with Crippen molar-refractivity contribution in [2.24, 2.45) is 0 Å². The fourth-order valence-corrected chi connectivity index (χ4v) is 3.26. The van der Waals surface area contributed by atoms with E-state index in [1.807, 2.05) is 6.07 Å². The first-order valence-corrected chi connectivity index (χ1v) is 10.6. The quantitative estimate of drug-likeness (QED) is 0.427. The van der Waals surface area contributed by atoms with Gasteiger partial charge in [-0.3, -0.25) is 14.6 Å². The number of anilines is 1. The van der Waals surface area contributed by atoms with Crippen LogP contribution >= 0.6 is 11.6 Å². The lowest BCUT2D eigenvalue weighted by molar-refractivity contribution is 0.0951. The Morgan fingerprint density at radius 1 is 1.19 bits per heavy atom. The maximum absolute atomic E-state index is 12.7. The zero-order valence-corrected chi connectivity index (χ0v) is 18.5. The van der Waals surface area contributed by atoms with Crippen LogP contribution in [0.5, 0.6) is 5.88 Å². The van der Waals surface area contributed by atoms with Gasteiger partial charge in [0.2, 0.25) is 11.8 Å². The molecule has 0 aromatic carbocycles. The van der Waals surface area contributed by atoms with Crippen molar-refractivity contribution in [1.29, 1.82) is 0 Å². The fourth-order valence-electron chi connectivity index (χ4n) is 3.03. The Labute approximate surface area is 190 Å². The molecule has 0 fully saturated rings. The van der Waals surface area contributed by atoms with Gasteiger partial charge in [0.1, 0.15) is 5.56 Å². The largest absolute Gasteiger partial charge is 0.481 e. The molecule has 3 rings (SSSR count). The van der Waals surface area contributed by atoms with Crippen LogP contribution in [0.15, 0.2) is 53.8 Å². The molecule has 0 aliphatic heterocycles. The highest BCUT2D eigenvalue weighted by atomic mass is 35.5. The molecule has 9 nitrogen and oxygen atoms in total. The van der Waals surface area contributed by atoms with Crippen molar-refractivity contribution in [3.8, 4) is 5.88 Å². The number of ether oxygens (including phenoxy) is 1. The van der Waals surface area contributed by atoms with Crippen LogP contribution in [-0.2, 0) is 6.54 Å². The minimum Gasteiger partial charge on any atom is -0.481 e. The molecular weight excluding hydrogens is 432 g/mol. The number of hydrogen-bond acceptors (Lipinski definition) is 7. The summed E-state index contributed by atoms with van der Waals surface area (Å²) in [6.07, 6.45) is 9.02. The third kappa shape index (κ3) is 6.78. The van der Waals surface area contributed by atoms with Gasteiger partial charge in [-0.2, -0.15) is 4.98 Å². The maximum atomic E-state index is 12.7. The van der Waals surface area contributed by atoms with E-state index in [-0.39, 0.29) is 12.1 Å². The molecule has 0 saturated heterocycles. The molecule has 0 bridgehead atoms. The Morgan fingerprint density at radius 2 is 2.03 bits per heavy atom. The Balaban J connectivity index is 1.44. The second-order valence-electron chi connectivity index (χ2n) is 7.03. The maximum Gasteiger partial charge on any atom is 0.263 e. The van der Waals surface area contributed by atoms with Crippen LogP contribution in [0.25, 0.3) is 0 Å². The lowest BCUT2D eigenvalue weighted by atomic mass is 10.2. The van der Waals surface area contributed by atoms with Crippen LogP contribution in [0.1, 0.15) is 35.2 Å². The molecule has 168 valence electrons. The average molecular weight is 457 g/mol. The summed E-state index contributed by atoms with van der Waals surface area (Å²) in [5, 5.41) is 6.25. The first-order valence-electron chi connectivity index (χ1n) is 10.2. The van der Waals surface area contributed by atoms with Crippen molar-refractivity contribution in [2.75, 3.05) is 25.5 Å². The van der Waals surface area contributed by atoms with Crippen LogP contribution in [0, 0.1) is 0 Å². The lowest BCUT2D eigenvalue weighted by Gasteiger charge is -2.10. The second kappa shape index (κ2) is 11.8. The molecule has 0 aliphatic rings. The Bertz CT molecular complexity index is 1090. The standard InChI is InChI=1S/C22H25ClN6O3/c1-32-19-7-11-27-22(28-19)26-10-4-2-3-9-25-20(30)18-12-17(23)15-29(21(18)31)14-16-6-5-8-24-13-16/h5-8,11-13,15H,2-4,9-10,14H2,1H3,(H,25,30)(H,26,27,28). The van der Waals surface area contributed by atoms with Crippen molar-refractivity contribution >= 4 is 23.5 Å². The van der Waals surface area contributed by atoms with E-state index in [1.54, 1.807) is 37.8 Å². The number of rotatable bonds is 11. The average Bonchev–Trinajstić information content (AvgIpc) is 2.81. The van der Waals surface area contributed by atoms with Crippen molar-refractivity contribution in [1.82, 2.24) is 24.8 Å². The molecule has 0 spiro atoms. The van der Waals surface area contributed by atoms with Crippen molar-refractivity contribution in [3.05, 3.63) is 75.6 Å². The Hall–Kier alpha value is -3.46. The molecule has 0 atom stereocenters. The van der Waals surface area contributed by atoms with Gasteiger partial charge >= 0.3 is 0 Å². The monoisotopic (exact) mass is 456 g/mol. The molecule has 3 aromatic rings. The summed E-state index contributed by atoms with van der Waals surface area (Å²) >= 11 is 6.14. The van der Waals surface area contributed by atoms with Crippen molar-refractivity contribution in [2.45, 2.75) is 25.8 Å². The molecule has 1 amide bonds. The normalized spacial score (nSPS) is 10.6. The highest BCUT2D eigenvalue weighted by Crippen LogP contribution is 2.10. The van der Waals surface area contributed by atoms with E-state index in [0.29, 0.717) is 29.9 Å². The number of aromatic nitrogens is 4. The number of nitrogens with zero attached hydrogens (tertiary/aromatic N) is 4. The number of carbonyl (C=O) groups excluding carboxylic acids is 1. The number of unbranched alkanes of at least 4 members (excludes halogenated alkanes) is 2. The minimum atomic E-state index is -0.430. The molecular formula is C22H25ClN6O3. The van der Waals surface area contributed by atoms with E-state index >= 15 is 0 Å². The van der Waals surface area contributed by atoms with Crippen molar-refractivity contribution < 1.29 is 9.53 Å². The molecule has 0 radical (unpaired) electrons. The number of pyridine rings is 2. The Kier molecular flexibility index (Phi) is 8.56. The zero-order valence-electron chi connectivity index (χ0n) is 17.8. The highest BCUT2D eigenvalue weighted by molar-refractivity contribution is 6.30. The van der Waals surface area contributed by atoms with E-state index in [9.17, 15) is 9.59 Å². The highest BCUT2D eigenvalue weighted by Gasteiger charge is 2.14. The SMILES string of the molecule is COc1ccnc(NCCCCCNC(=O)c2cc(Cl)cn(Cc3cccnc3)c2=O)n1. The van der Waals surface area contributed by atoms with Gasteiger partial charge in [-0.1, -0.05) is 17.7 Å². The smallest absolute Gasteiger partial charge is 0.263 e. The summed E-state index contributed by atoms with van der Waals surface area (Å²) in [6.45, 7) is 1.45. The summed E-state index contributed by atoms with van der Waals surface area (Å²) in [5.41, 5.74) is 0.479. The topological polar surface area (TPSA) is 111 Å². The predicted molar refractivity (Wildman–Crippen MR) is 122 cm³/mol. The number of halogens is 1. The molecule has 32 heavy (non-hydrogen) atoms. The number of nitrogens with one attached hydrogen (secondary N) is 2. The Morgan fingerprint density at radius 3 is 2.81 bits per heavy atom. The van der Waals surface area contributed by atoms with Gasteiger partial charge in [-0.25, -0.2) is 4.98 Å². The lowest BCUT2D eigenvalue weighted by Crippen LogP contribution is -2.33. The van der Waals surface area contributed by atoms with E-state index in [2.05, 4.69) is 25.6 Å². The number of carbonyl (C=O) groups is 1. The molecule has 3 heterocycles. The van der Waals surface area contributed by atoms with Gasteiger partial charge in [0.15, 0.2) is 0 Å². The van der Waals surface area contributed by atoms with Crippen LogP contribution in [0.3, 0.4) is 0 Å². The van der Waals surface area contributed by atoms with Gasteiger partial charge in [-0.05, 0) is 37.0 Å². The van der Waals surface area contributed by atoms with Crippen LogP contribution in [-0.4, -0.2) is 45.6 Å². The summed E-state index contributed by atoms with van der Waals surface area (Å²) in [5.74, 6) is 0.590. The third-order valence-electron chi connectivity index (χ3n) is 4.63. The van der Waals surface area contributed by atoms with Crippen molar-refractivity contribution in [3.63, 3.8) is 0 Å². The third-order valence-corrected chi connectivity index (χ3v) is 4.84. The van der Waals surface area contributed by atoms with Crippen LogP contribution in [0.2, 0.25) is 5.02 Å². The van der Waals surface area contributed by atoms with Gasteiger partial charge in [0, 0.05) is 43.9 Å². The van der Waals surface area contributed by atoms with Gasteiger partial charge in [0.05, 0.1) is 18.7 Å². The summed E-state index contributed by atoms with van der Waals surface area (Å²) < 4.78 is 6.48. The molecule has 2 N–H and O–H groups in total. The first-order chi connectivity index (χ1) is 15.6. The predicted octanol–water partition coefficient (Wildman–Crippen LogP) is 2.76. The summed E-state index contributed by atoms with van der Waals surface area (Å²) in [4.78, 5) is 37.6. The summed E-state index contributed by atoms with van der Waals surface area (Å²) in [6, 6.07) is 6.73. The minimum absolute atomic E-state index is 0.0261. The molecule has 0 unspecified atom stereocenters. The second-order valence-corrected chi connectivity index (χ2v) is 7.47. The van der Waals surface area contributed by atoms with E-state index in [1.165, 1.54) is 16.8 Å². The van der Waals surface area contributed by atoms with E-state index in [0.717, 1.165) is 24.8 Å². The van der Waals surface area contributed by atoms with Crippen LogP contribution < -0.4 is 20.9 Å². The summed E-state index contributed by atoms with van der Waals surface area (Å²) in [7, 11) is 1.56. The molecule has 3 aromatic heterocycles. The number of methoxy groups -OCH3 is 1. The number of amides is 1. The molecule has 10 heteroatoms. The molecule has 0 aliphatic carbocycles. The number of hydrogen-bond donors (Lipinski definition) is 2.